The smallest absolute Gasteiger partial charge is 0.239 e. The third-order valence-corrected chi connectivity index (χ3v) is 4.33. The average molecular weight is 317 g/mol. The van der Waals surface area contributed by atoms with Crippen molar-refractivity contribution in [3.63, 3.8) is 0 Å². The van der Waals surface area contributed by atoms with Crippen LogP contribution in [0.25, 0.3) is 0 Å². The van der Waals surface area contributed by atoms with Gasteiger partial charge in [0.25, 0.3) is 0 Å². The van der Waals surface area contributed by atoms with Crippen LogP contribution in [0.4, 0.5) is 0 Å². The predicted octanol–water partition coefficient (Wildman–Crippen LogP) is 1.94. The summed E-state index contributed by atoms with van der Waals surface area (Å²) in [4.78, 5) is 26.1. The Bertz CT molecular complexity index is 544. The molecule has 126 valence electrons. The van der Waals surface area contributed by atoms with Gasteiger partial charge in [0.15, 0.2) is 0 Å². The van der Waals surface area contributed by atoms with Gasteiger partial charge in [-0.25, -0.2) is 0 Å². The maximum atomic E-state index is 12.2. The number of hydrogen-bond donors (Lipinski definition) is 2. The molecule has 1 unspecified atom stereocenters. The Labute approximate surface area is 138 Å². The van der Waals surface area contributed by atoms with E-state index < -0.39 is 5.54 Å². The normalized spacial score (nSPS) is 15.9. The molecule has 0 saturated heterocycles. The number of amides is 2. The van der Waals surface area contributed by atoms with Gasteiger partial charge in [0.2, 0.25) is 11.8 Å². The molecule has 1 aromatic carbocycles. The standard InChI is InChI=1S/C18H27N3O2/c1-3-10-18(2,19)17(23)20-11-6-9-16(22)21-12-14-7-4-5-8-15(14)13-21/h4-5,7-8H,3,6,9-13,19H2,1-2H3,(H,20,23). The van der Waals surface area contributed by atoms with E-state index in [4.69, 9.17) is 5.73 Å². The Balaban J connectivity index is 1.69. The SMILES string of the molecule is CCCC(C)(N)C(=O)NCCCC(=O)N1Cc2ccccc2C1. The number of nitrogens with zero attached hydrogens (tertiary/aromatic N) is 1. The fourth-order valence-corrected chi connectivity index (χ4v) is 2.94. The summed E-state index contributed by atoms with van der Waals surface area (Å²) in [6.45, 7) is 5.63. The summed E-state index contributed by atoms with van der Waals surface area (Å²) in [7, 11) is 0. The predicted molar refractivity (Wildman–Crippen MR) is 90.4 cm³/mol. The molecule has 1 atom stereocenters. The molecular weight excluding hydrogens is 290 g/mol. The van der Waals surface area contributed by atoms with Gasteiger partial charge in [-0.05, 0) is 30.9 Å². The first-order chi connectivity index (χ1) is 10.9. The van der Waals surface area contributed by atoms with Gasteiger partial charge in [-0.3, -0.25) is 9.59 Å². The molecule has 23 heavy (non-hydrogen) atoms. The number of carbonyl (C=O) groups excluding carboxylic acids is 2. The zero-order valence-corrected chi connectivity index (χ0v) is 14.1. The van der Waals surface area contributed by atoms with E-state index in [0.29, 0.717) is 38.9 Å². The summed E-state index contributed by atoms with van der Waals surface area (Å²) in [6, 6.07) is 8.14. The largest absolute Gasteiger partial charge is 0.354 e. The molecule has 5 heteroatoms. The van der Waals surface area contributed by atoms with Crippen LogP contribution in [0.1, 0.15) is 50.7 Å². The highest BCUT2D eigenvalue weighted by atomic mass is 16.2. The van der Waals surface area contributed by atoms with E-state index in [9.17, 15) is 9.59 Å². The molecule has 2 amide bonds. The highest BCUT2D eigenvalue weighted by molar-refractivity contribution is 5.85. The van der Waals surface area contributed by atoms with Crippen molar-refractivity contribution in [3.8, 4) is 0 Å². The Morgan fingerprint density at radius 1 is 1.26 bits per heavy atom. The molecule has 2 rings (SSSR count). The zero-order valence-electron chi connectivity index (χ0n) is 14.1. The monoisotopic (exact) mass is 317 g/mol. The molecule has 0 radical (unpaired) electrons. The lowest BCUT2D eigenvalue weighted by Crippen LogP contribution is -2.51. The van der Waals surface area contributed by atoms with Crippen molar-refractivity contribution < 1.29 is 9.59 Å². The van der Waals surface area contributed by atoms with Gasteiger partial charge >= 0.3 is 0 Å². The van der Waals surface area contributed by atoms with E-state index in [1.165, 1.54) is 11.1 Å². The molecule has 0 saturated carbocycles. The third kappa shape index (κ3) is 4.55. The number of fused-ring (bicyclic) bond motifs is 1. The highest BCUT2D eigenvalue weighted by Crippen LogP contribution is 2.22. The Morgan fingerprint density at radius 2 is 1.87 bits per heavy atom. The maximum Gasteiger partial charge on any atom is 0.239 e. The number of benzene rings is 1. The summed E-state index contributed by atoms with van der Waals surface area (Å²) in [5.41, 5.74) is 7.61. The van der Waals surface area contributed by atoms with Crippen molar-refractivity contribution in [2.24, 2.45) is 5.73 Å². The van der Waals surface area contributed by atoms with Gasteiger partial charge in [0.05, 0.1) is 5.54 Å². The van der Waals surface area contributed by atoms with Crippen molar-refractivity contribution >= 4 is 11.8 Å². The minimum atomic E-state index is -0.824. The molecule has 0 fully saturated rings. The van der Waals surface area contributed by atoms with E-state index in [-0.39, 0.29) is 11.8 Å². The van der Waals surface area contributed by atoms with Crippen LogP contribution in [-0.2, 0) is 22.7 Å². The number of nitrogens with two attached hydrogens (primary N) is 1. The van der Waals surface area contributed by atoms with Crippen molar-refractivity contribution in [1.82, 2.24) is 10.2 Å². The van der Waals surface area contributed by atoms with Gasteiger partial charge in [0.1, 0.15) is 0 Å². The summed E-state index contributed by atoms with van der Waals surface area (Å²) < 4.78 is 0. The minimum absolute atomic E-state index is 0.138. The summed E-state index contributed by atoms with van der Waals surface area (Å²) >= 11 is 0. The third-order valence-electron chi connectivity index (χ3n) is 4.33. The first-order valence-corrected chi connectivity index (χ1v) is 8.36. The van der Waals surface area contributed by atoms with Crippen LogP contribution in [0.5, 0.6) is 0 Å². The second kappa shape index (κ2) is 7.59. The van der Waals surface area contributed by atoms with Crippen LogP contribution < -0.4 is 11.1 Å². The lowest BCUT2D eigenvalue weighted by molar-refractivity contribution is -0.132. The molecule has 3 N–H and O–H groups in total. The average Bonchev–Trinajstić information content (AvgIpc) is 2.95. The lowest BCUT2D eigenvalue weighted by atomic mass is 9.96. The first kappa shape index (κ1) is 17.5. The maximum absolute atomic E-state index is 12.2. The Hall–Kier alpha value is -1.88. The summed E-state index contributed by atoms with van der Waals surface area (Å²) in [5, 5.41) is 2.84. The Morgan fingerprint density at radius 3 is 2.43 bits per heavy atom. The summed E-state index contributed by atoms with van der Waals surface area (Å²) in [5.74, 6) is -0.0000981. The van der Waals surface area contributed by atoms with Crippen LogP contribution in [0.3, 0.4) is 0 Å². The van der Waals surface area contributed by atoms with E-state index in [1.807, 2.05) is 24.0 Å². The minimum Gasteiger partial charge on any atom is -0.354 e. The molecule has 1 aliphatic heterocycles. The number of hydrogen-bond acceptors (Lipinski definition) is 3. The Kier molecular flexibility index (Phi) is 5.77. The fourth-order valence-electron chi connectivity index (χ4n) is 2.94. The molecule has 0 aromatic heterocycles. The van der Waals surface area contributed by atoms with E-state index >= 15 is 0 Å². The van der Waals surface area contributed by atoms with Crippen LogP contribution >= 0.6 is 0 Å². The van der Waals surface area contributed by atoms with Crippen molar-refractivity contribution in [2.75, 3.05) is 6.54 Å². The number of nitrogens with one attached hydrogen (secondary N) is 1. The fraction of sp³-hybridized carbons (Fsp3) is 0.556. The van der Waals surface area contributed by atoms with E-state index in [0.717, 1.165) is 6.42 Å². The van der Waals surface area contributed by atoms with Gasteiger partial charge in [-0.1, -0.05) is 37.6 Å². The molecule has 0 spiro atoms. The number of rotatable bonds is 7. The molecule has 1 aromatic rings. The van der Waals surface area contributed by atoms with E-state index in [2.05, 4.69) is 17.4 Å². The van der Waals surface area contributed by atoms with Gasteiger partial charge in [-0.15, -0.1) is 0 Å². The molecule has 1 aliphatic rings. The quantitative estimate of drug-likeness (QED) is 0.755. The van der Waals surface area contributed by atoms with E-state index in [1.54, 1.807) is 6.92 Å². The molecule has 1 heterocycles. The van der Waals surface area contributed by atoms with Gasteiger partial charge in [-0.2, -0.15) is 0 Å². The van der Waals surface area contributed by atoms with Crippen molar-refractivity contribution in [3.05, 3.63) is 35.4 Å². The molecule has 5 nitrogen and oxygen atoms in total. The van der Waals surface area contributed by atoms with Gasteiger partial charge in [0, 0.05) is 26.1 Å². The van der Waals surface area contributed by atoms with Crippen LogP contribution in [0.15, 0.2) is 24.3 Å². The van der Waals surface area contributed by atoms with Crippen molar-refractivity contribution in [1.29, 1.82) is 0 Å². The van der Waals surface area contributed by atoms with Gasteiger partial charge < -0.3 is 16.0 Å². The molecular formula is C18H27N3O2. The zero-order chi connectivity index (χ0) is 16.9. The molecule has 0 aliphatic carbocycles. The second-order valence-electron chi connectivity index (χ2n) is 6.55. The highest BCUT2D eigenvalue weighted by Gasteiger charge is 2.27. The second-order valence-corrected chi connectivity index (χ2v) is 6.55. The van der Waals surface area contributed by atoms with Crippen LogP contribution in [0, 0.1) is 0 Å². The van der Waals surface area contributed by atoms with Crippen LogP contribution in [-0.4, -0.2) is 28.8 Å². The topological polar surface area (TPSA) is 75.4 Å². The molecule has 0 bridgehead atoms. The number of carbonyl (C=O) groups is 2. The van der Waals surface area contributed by atoms with Crippen LogP contribution in [0.2, 0.25) is 0 Å². The first-order valence-electron chi connectivity index (χ1n) is 8.36. The van der Waals surface area contributed by atoms with Crippen molar-refractivity contribution in [2.45, 2.75) is 58.2 Å². The lowest BCUT2D eigenvalue weighted by Gasteiger charge is -2.23. The summed E-state index contributed by atoms with van der Waals surface area (Å²) in [6.07, 6.45) is 2.61.